The first kappa shape index (κ1) is 18.7. The second-order valence-corrected chi connectivity index (χ2v) is 8.55. The highest BCUT2D eigenvalue weighted by Crippen LogP contribution is 2.56. The molecule has 27 heavy (non-hydrogen) atoms. The van der Waals surface area contributed by atoms with Gasteiger partial charge in [0.1, 0.15) is 0 Å². The van der Waals surface area contributed by atoms with E-state index in [1.165, 1.54) is 0 Å². The zero-order valence-electron chi connectivity index (χ0n) is 13.7. The Labute approximate surface area is 171 Å². The summed E-state index contributed by atoms with van der Waals surface area (Å²) in [6.07, 6.45) is 0.442. The second-order valence-electron chi connectivity index (χ2n) is 5.83. The molecule has 0 bridgehead atoms. The summed E-state index contributed by atoms with van der Waals surface area (Å²) in [5.74, 6) is 0.884. The molecule has 0 radical (unpaired) electrons. The van der Waals surface area contributed by atoms with Gasteiger partial charge in [-0.3, -0.25) is 13.6 Å². The standard InChI is InChI=1S/C19H12Cl3O4P/c20-14-5-7-17-12(10-14)9-13-11-15(21)6-8-18(13)25-27(23,24-17)26-19-4-2-1-3-16(19)22/h1-8,10-11H,9H2. The molecule has 0 N–H and O–H groups in total. The minimum absolute atomic E-state index is 0.189. The summed E-state index contributed by atoms with van der Waals surface area (Å²) >= 11 is 18.4. The molecule has 0 spiro atoms. The van der Waals surface area contributed by atoms with Crippen molar-refractivity contribution in [1.82, 2.24) is 0 Å². The molecule has 1 aliphatic rings. The maximum absolute atomic E-state index is 13.4. The van der Waals surface area contributed by atoms with Crippen LogP contribution in [0.1, 0.15) is 11.1 Å². The third-order valence-electron chi connectivity index (χ3n) is 3.89. The Morgan fingerprint density at radius 1 is 0.815 bits per heavy atom. The number of phosphoric acid groups is 1. The van der Waals surface area contributed by atoms with Crippen molar-refractivity contribution in [2.75, 3.05) is 0 Å². The van der Waals surface area contributed by atoms with Crippen LogP contribution < -0.4 is 18.5 Å². The Morgan fingerprint density at radius 3 is 1.93 bits per heavy atom. The van der Waals surface area contributed by atoms with E-state index in [1.807, 2.05) is 0 Å². The molecule has 0 fully saturated rings. The maximum Gasteiger partial charge on any atom is 0.517 e. The van der Waals surface area contributed by atoms with Crippen LogP contribution in [0.2, 0.25) is 15.1 Å². The van der Waals surface area contributed by atoms with Crippen molar-refractivity contribution in [3.63, 3.8) is 0 Å². The van der Waals surface area contributed by atoms with Gasteiger partial charge in [-0.2, -0.15) is 0 Å². The fourth-order valence-electron chi connectivity index (χ4n) is 2.69. The summed E-state index contributed by atoms with van der Waals surface area (Å²) in [5.41, 5.74) is 1.47. The van der Waals surface area contributed by atoms with Crippen molar-refractivity contribution in [1.29, 1.82) is 0 Å². The van der Waals surface area contributed by atoms with E-state index in [0.29, 0.717) is 28.0 Å². The minimum atomic E-state index is -4.10. The van der Waals surface area contributed by atoms with Crippen molar-refractivity contribution < 1.29 is 18.5 Å². The highest BCUT2D eigenvalue weighted by molar-refractivity contribution is 7.55. The number of phosphoric ester groups is 1. The Morgan fingerprint density at radius 2 is 1.37 bits per heavy atom. The normalized spacial score (nSPS) is 14.7. The van der Waals surface area contributed by atoms with Crippen molar-refractivity contribution in [3.05, 3.63) is 86.9 Å². The van der Waals surface area contributed by atoms with Crippen LogP contribution in [0.3, 0.4) is 0 Å². The molecule has 0 atom stereocenters. The first-order valence-corrected chi connectivity index (χ1v) is 10.5. The molecule has 1 aliphatic heterocycles. The zero-order chi connectivity index (χ0) is 19.0. The van der Waals surface area contributed by atoms with E-state index in [0.717, 1.165) is 11.1 Å². The van der Waals surface area contributed by atoms with Gasteiger partial charge in [-0.1, -0.05) is 46.9 Å². The van der Waals surface area contributed by atoms with Crippen molar-refractivity contribution in [2.45, 2.75) is 6.42 Å². The lowest BCUT2D eigenvalue weighted by Gasteiger charge is -2.28. The fraction of sp³-hybridized carbons (Fsp3) is 0.0526. The van der Waals surface area contributed by atoms with Crippen LogP contribution in [0.4, 0.5) is 0 Å². The van der Waals surface area contributed by atoms with Crippen molar-refractivity contribution in [3.8, 4) is 17.2 Å². The van der Waals surface area contributed by atoms with Gasteiger partial charge in [0.25, 0.3) is 0 Å². The molecule has 4 nitrogen and oxygen atoms in total. The molecule has 0 amide bonds. The van der Waals surface area contributed by atoms with Crippen LogP contribution in [-0.2, 0) is 6.42 Å². The predicted octanol–water partition coefficient (Wildman–Crippen LogP) is 6.13. The monoisotopic (exact) mass is 440 g/mol. The molecule has 0 unspecified atom stereocenters. The number of benzene rings is 3. The topological polar surface area (TPSA) is 50.8 Å². The molecule has 3 aromatic carbocycles. The van der Waals surface area contributed by atoms with E-state index >= 15 is 0 Å². The lowest BCUT2D eigenvalue weighted by atomic mass is 10.0. The fourth-order valence-corrected chi connectivity index (χ4v) is 4.66. The Kier molecular flexibility index (Phi) is 5.11. The number of hydrogen-bond acceptors (Lipinski definition) is 4. The van der Waals surface area contributed by atoms with Crippen LogP contribution in [0.15, 0.2) is 60.7 Å². The molecule has 138 valence electrons. The molecular weight excluding hydrogens is 430 g/mol. The van der Waals surface area contributed by atoms with E-state index in [9.17, 15) is 4.89 Å². The molecule has 0 aliphatic carbocycles. The molecule has 1 heterocycles. The van der Waals surface area contributed by atoms with Crippen LogP contribution in [0.5, 0.6) is 17.2 Å². The maximum atomic E-state index is 13.4. The summed E-state index contributed by atoms with van der Waals surface area (Å²) in [7, 11) is -4.10. The predicted molar refractivity (Wildman–Crippen MR) is 106 cm³/mol. The molecule has 0 saturated heterocycles. The van der Waals surface area contributed by atoms with Crippen molar-refractivity contribution >= 4 is 43.0 Å². The van der Waals surface area contributed by atoms with E-state index in [-0.39, 0.29) is 10.8 Å². The molecular formula is C19H12Cl3O4P. The van der Waals surface area contributed by atoms with Gasteiger partial charge < -0.3 is 4.89 Å². The number of halogens is 3. The van der Waals surface area contributed by atoms with E-state index < -0.39 is 8.17 Å². The summed E-state index contributed by atoms with van der Waals surface area (Å²) in [6, 6.07) is 16.7. The summed E-state index contributed by atoms with van der Waals surface area (Å²) in [4.78, 5) is 13.4. The van der Waals surface area contributed by atoms with Crippen LogP contribution >= 0.6 is 43.0 Å². The zero-order valence-corrected chi connectivity index (χ0v) is 16.9. The average Bonchev–Trinajstić information content (AvgIpc) is 2.61. The number of rotatable bonds is 2. The van der Waals surface area contributed by atoms with Crippen LogP contribution in [-0.4, -0.2) is 0 Å². The summed E-state index contributed by atoms with van der Waals surface area (Å²) < 4.78 is 17.0. The van der Waals surface area contributed by atoms with Gasteiger partial charge in [-0.25, -0.2) is 0 Å². The molecule has 0 aromatic heterocycles. The average molecular weight is 442 g/mol. The minimum Gasteiger partial charge on any atom is -0.583 e. The van der Waals surface area contributed by atoms with Gasteiger partial charge in [0, 0.05) is 27.6 Å². The molecule has 3 aromatic rings. The Balaban J connectivity index is 1.81. The Hall–Kier alpha value is -1.68. The number of hydrogen-bond donors (Lipinski definition) is 0. The summed E-state index contributed by atoms with van der Waals surface area (Å²) in [6.45, 7) is 0. The van der Waals surface area contributed by atoms with Gasteiger partial charge in [0.05, 0.1) is 5.02 Å². The van der Waals surface area contributed by atoms with Crippen LogP contribution in [0.25, 0.3) is 0 Å². The lowest BCUT2D eigenvalue weighted by molar-refractivity contribution is -0.222. The highest BCUT2D eigenvalue weighted by atomic mass is 35.5. The van der Waals surface area contributed by atoms with E-state index in [4.69, 9.17) is 48.4 Å². The largest absolute Gasteiger partial charge is 0.583 e. The second kappa shape index (κ2) is 7.38. The number of para-hydroxylation sites is 1. The SMILES string of the molecule is [O-][P+]1(Oc2ccccc2Cl)Oc2ccc(Cl)cc2Cc2cc(Cl)ccc2O1. The Bertz CT molecular complexity index is 958. The third kappa shape index (κ3) is 4.11. The van der Waals surface area contributed by atoms with E-state index in [2.05, 4.69) is 0 Å². The van der Waals surface area contributed by atoms with Gasteiger partial charge in [-0.05, 0) is 48.5 Å². The van der Waals surface area contributed by atoms with E-state index in [1.54, 1.807) is 60.7 Å². The summed E-state index contributed by atoms with van der Waals surface area (Å²) in [5, 5.41) is 1.35. The molecule has 8 heteroatoms. The van der Waals surface area contributed by atoms with Crippen LogP contribution in [0, 0.1) is 0 Å². The smallest absolute Gasteiger partial charge is 0.517 e. The van der Waals surface area contributed by atoms with Gasteiger partial charge in [0.2, 0.25) is 5.75 Å². The lowest BCUT2D eigenvalue weighted by Crippen LogP contribution is -2.27. The molecule has 0 saturated carbocycles. The first-order chi connectivity index (χ1) is 12.9. The van der Waals surface area contributed by atoms with Gasteiger partial charge >= 0.3 is 8.17 Å². The molecule has 4 rings (SSSR count). The van der Waals surface area contributed by atoms with Gasteiger partial charge in [0.15, 0.2) is 11.5 Å². The quantitative estimate of drug-likeness (QED) is 0.449. The number of fused-ring (bicyclic) bond motifs is 2. The van der Waals surface area contributed by atoms with Crippen molar-refractivity contribution in [2.24, 2.45) is 0 Å². The third-order valence-corrected chi connectivity index (χ3v) is 5.94. The highest BCUT2D eigenvalue weighted by Gasteiger charge is 2.41. The first-order valence-electron chi connectivity index (χ1n) is 7.92. The van der Waals surface area contributed by atoms with Gasteiger partial charge in [-0.15, -0.1) is 0 Å².